The van der Waals surface area contributed by atoms with Gasteiger partial charge in [-0.2, -0.15) is 0 Å². The van der Waals surface area contributed by atoms with Gasteiger partial charge in [-0.3, -0.25) is 4.57 Å². The second kappa shape index (κ2) is 12.0. The molecule has 10 aromatic rings. The fourth-order valence-corrected chi connectivity index (χ4v) is 7.94. The molecule has 9 aromatic carbocycles. The van der Waals surface area contributed by atoms with Crippen molar-refractivity contribution in [2.45, 2.75) is 0 Å². The lowest BCUT2D eigenvalue weighted by Gasteiger charge is -2.18. The molecule has 0 N–H and O–H groups in total. The zero-order chi connectivity index (χ0) is 33.7. The van der Waals surface area contributed by atoms with Gasteiger partial charge in [-0.25, -0.2) is 4.98 Å². The number of hydrogen-bond donors (Lipinski definition) is 0. The van der Waals surface area contributed by atoms with Crippen LogP contribution in [0.1, 0.15) is 22.3 Å². The van der Waals surface area contributed by atoms with Crippen molar-refractivity contribution in [3.63, 3.8) is 0 Å². The van der Waals surface area contributed by atoms with Crippen molar-refractivity contribution < 1.29 is 0 Å². The monoisotopic (exact) mass is 648 g/mol. The Balaban J connectivity index is 1.25. The zero-order valence-electron chi connectivity index (χ0n) is 27.9. The van der Waals surface area contributed by atoms with E-state index in [1.165, 1.54) is 60.2 Å². The third kappa shape index (κ3) is 4.76. The van der Waals surface area contributed by atoms with E-state index < -0.39 is 0 Å². The average molecular weight is 649 g/mol. The van der Waals surface area contributed by atoms with Gasteiger partial charge in [0.25, 0.3) is 0 Å². The van der Waals surface area contributed by atoms with E-state index in [9.17, 15) is 0 Å². The summed E-state index contributed by atoms with van der Waals surface area (Å²) in [4.78, 5) is 5.52. The summed E-state index contributed by atoms with van der Waals surface area (Å²) in [7, 11) is 0. The van der Waals surface area contributed by atoms with Crippen molar-refractivity contribution >= 4 is 54.5 Å². The summed E-state index contributed by atoms with van der Waals surface area (Å²) in [6, 6.07) is 69.7. The molecule has 2 heteroatoms. The minimum absolute atomic E-state index is 0.927. The van der Waals surface area contributed by atoms with Gasteiger partial charge in [-0.05, 0) is 67.1 Å². The lowest BCUT2D eigenvalue weighted by molar-refractivity contribution is 1.11. The fourth-order valence-electron chi connectivity index (χ4n) is 7.94. The Morgan fingerprint density at radius 3 is 1.35 bits per heavy atom. The molecule has 51 heavy (non-hydrogen) atoms. The van der Waals surface area contributed by atoms with Gasteiger partial charge in [0.1, 0.15) is 5.82 Å². The Morgan fingerprint density at radius 1 is 0.373 bits per heavy atom. The van der Waals surface area contributed by atoms with Crippen LogP contribution in [-0.2, 0) is 0 Å². The van der Waals surface area contributed by atoms with E-state index in [0.29, 0.717) is 0 Å². The largest absolute Gasteiger partial charge is 0.292 e. The predicted octanol–water partition coefficient (Wildman–Crippen LogP) is 12.6. The molecule has 0 aliphatic carbocycles. The molecule has 0 aliphatic heterocycles. The Hall–Kier alpha value is -6.77. The molecule has 0 atom stereocenters. The summed E-state index contributed by atoms with van der Waals surface area (Å²) in [5.41, 5.74) is 11.4. The summed E-state index contributed by atoms with van der Waals surface area (Å²) < 4.78 is 2.36. The topological polar surface area (TPSA) is 17.8 Å². The standard InChI is InChI=1S/C49H32N2/c1-5-15-33(16-6-1)43(34-17-7-2-8-18-34)44(35-19-9-3-10-20-35)38-29-31-39(32-30-38)49-50-47-41-25-13-21-36-27-28-37-22-14-26-42(46(37)45(36)41)48(47)51(49)40-23-11-4-12-24-40/h1-32H. The Labute approximate surface area is 296 Å². The van der Waals surface area contributed by atoms with E-state index in [1.54, 1.807) is 0 Å². The molecule has 0 spiro atoms. The van der Waals surface area contributed by atoms with E-state index in [4.69, 9.17) is 4.98 Å². The van der Waals surface area contributed by atoms with Gasteiger partial charge in [0.15, 0.2) is 0 Å². The van der Waals surface area contributed by atoms with Crippen LogP contribution in [0.25, 0.3) is 71.6 Å². The normalized spacial score (nSPS) is 11.5. The average Bonchev–Trinajstić information content (AvgIpc) is 3.62. The summed E-state index contributed by atoms with van der Waals surface area (Å²) in [6.45, 7) is 0. The van der Waals surface area contributed by atoms with Crippen LogP contribution in [-0.4, -0.2) is 9.55 Å². The van der Waals surface area contributed by atoms with Gasteiger partial charge >= 0.3 is 0 Å². The number of rotatable bonds is 6. The van der Waals surface area contributed by atoms with Crippen molar-refractivity contribution in [2.75, 3.05) is 0 Å². The summed E-state index contributed by atoms with van der Waals surface area (Å²) in [5, 5.41) is 7.47. The SMILES string of the molecule is c1ccc(C(=C(c2ccccc2)c2ccc(-c3nc4c5cccc6ccc7cccc(c7c65)c4n3-c3ccccc3)cc2)c2ccccc2)cc1. The van der Waals surface area contributed by atoms with Crippen LogP contribution in [0.5, 0.6) is 0 Å². The van der Waals surface area contributed by atoms with Crippen LogP contribution in [0.15, 0.2) is 194 Å². The lowest BCUT2D eigenvalue weighted by atomic mass is 9.85. The first kappa shape index (κ1) is 29.2. The summed E-state index contributed by atoms with van der Waals surface area (Å²) in [6.07, 6.45) is 0. The van der Waals surface area contributed by atoms with E-state index >= 15 is 0 Å². The number of imidazole rings is 1. The smallest absolute Gasteiger partial charge is 0.145 e. The molecule has 1 aromatic heterocycles. The van der Waals surface area contributed by atoms with Gasteiger partial charge in [0, 0.05) is 22.0 Å². The van der Waals surface area contributed by atoms with Gasteiger partial charge in [0.05, 0.1) is 11.0 Å². The van der Waals surface area contributed by atoms with Crippen molar-refractivity contribution in [2.24, 2.45) is 0 Å². The molecule has 1 heterocycles. The van der Waals surface area contributed by atoms with Crippen LogP contribution < -0.4 is 0 Å². The second-order valence-electron chi connectivity index (χ2n) is 13.1. The van der Waals surface area contributed by atoms with E-state index in [-0.39, 0.29) is 0 Å². The summed E-state index contributed by atoms with van der Waals surface area (Å²) in [5.74, 6) is 0.927. The number of benzene rings is 9. The maximum atomic E-state index is 5.52. The third-order valence-electron chi connectivity index (χ3n) is 10.2. The Kier molecular flexibility index (Phi) is 6.85. The molecular formula is C49H32N2. The third-order valence-corrected chi connectivity index (χ3v) is 10.2. The first-order valence-electron chi connectivity index (χ1n) is 17.5. The maximum absolute atomic E-state index is 5.52. The first-order valence-corrected chi connectivity index (χ1v) is 17.5. The lowest BCUT2D eigenvalue weighted by Crippen LogP contribution is -1.99. The van der Waals surface area contributed by atoms with Gasteiger partial charge < -0.3 is 0 Å². The molecule has 10 rings (SSSR count). The minimum atomic E-state index is 0.927. The molecule has 2 nitrogen and oxygen atoms in total. The van der Waals surface area contributed by atoms with E-state index in [0.717, 1.165) is 33.7 Å². The van der Waals surface area contributed by atoms with Crippen molar-refractivity contribution in [3.8, 4) is 17.1 Å². The number of fused-ring (bicyclic) bond motifs is 3. The zero-order valence-corrected chi connectivity index (χ0v) is 27.9. The Bertz CT molecular complexity index is 2810. The molecular weight excluding hydrogens is 617 g/mol. The highest BCUT2D eigenvalue weighted by atomic mass is 15.1. The number of para-hydroxylation sites is 1. The van der Waals surface area contributed by atoms with Crippen molar-refractivity contribution in [1.82, 2.24) is 9.55 Å². The van der Waals surface area contributed by atoms with Gasteiger partial charge in [0.2, 0.25) is 0 Å². The molecule has 238 valence electrons. The van der Waals surface area contributed by atoms with Crippen LogP contribution in [0.3, 0.4) is 0 Å². The summed E-state index contributed by atoms with van der Waals surface area (Å²) >= 11 is 0. The van der Waals surface area contributed by atoms with Gasteiger partial charge in [-0.15, -0.1) is 0 Å². The van der Waals surface area contributed by atoms with Crippen LogP contribution in [0, 0.1) is 0 Å². The highest BCUT2D eigenvalue weighted by molar-refractivity contribution is 6.32. The first-order chi connectivity index (χ1) is 25.3. The number of aromatic nitrogens is 2. The van der Waals surface area contributed by atoms with Crippen LogP contribution in [0.2, 0.25) is 0 Å². The molecule has 0 radical (unpaired) electrons. The fraction of sp³-hybridized carbons (Fsp3) is 0. The Morgan fingerprint density at radius 2 is 0.824 bits per heavy atom. The number of hydrogen-bond acceptors (Lipinski definition) is 1. The quantitative estimate of drug-likeness (QED) is 0.130. The van der Waals surface area contributed by atoms with Crippen molar-refractivity contribution in [1.29, 1.82) is 0 Å². The molecule has 0 fully saturated rings. The maximum Gasteiger partial charge on any atom is 0.145 e. The highest BCUT2D eigenvalue weighted by Crippen LogP contribution is 2.43. The van der Waals surface area contributed by atoms with Crippen LogP contribution >= 0.6 is 0 Å². The molecule has 0 aliphatic rings. The van der Waals surface area contributed by atoms with Crippen molar-refractivity contribution in [3.05, 3.63) is 216 Å². The second-order valence-corrected chi connectivity index (χ2v) is 13.1. The molecule has 0 saturated heterocycles. The highest BCUT2D eigenvalue weighted by Gasteiger charge is 2.22. The predicted molar refractivity (Wildman–Crippen MR) is 215 cm³/mol. The number of nitrogens with zero attached hydrogens (tertiary/aromatic N) is 2. The molecule has 0 saturated carbocycles. The minimum Gasteiger partial charge on any atom is -0.292 e. The van der Waals surface area contributed by atoms with Gasteiger partial charge in [-0.1, -0.05) is 182 Å². The van der Waals surface area contributed by atoms with E-state index in [2.05, 4.69) is 199 Å². The molecule has 0 amide bonds. The molecule has 0 bridgehead atoms. The van der Waals surface area contributed by atoms with E-state index in [1.807, 2.05) is 0 Å². The molecule has 0 unspecified atom stereocenters. The van der Waals surface area contributed by atoms with Crippen LogP contribution in [0.4, 0.5) is 0 Å².